The molecule has 0 aliphatic heterocycles. The summed E-state index contributed by atoms with van der Waals surface area (Å²) in [5, 5.41) is 14.2. The second kappa shape index (κ2) is 8.63. The summed E-state index contributed by atoms with van der Waals surface area (Å²) in [6.45, 7) is 5.40. The van der Waals surface area contributed by atoms with E-state index in [1.54, 1.807) is 13.8 Å². The first-order chi connectivity index (χ1) is 16.1. The maximum absolute atomic E-state index is 13.1. The van der Waals surface area contributed by atoms with Gasteiger partial charge in [0.05, 0.1) is 22.7 Å². The van der Waals surface area contributed by atoms with Crippen LogP contribution in [0.25, 0.3) is 0 Å². The first kappa shape index (κ1) is 23.8. The monoisotopic (exact) mass is 489 g/mol. The van der Waals surface area contributed by atoms with Crippen molar-refractivity contribution in [1.29, 1.82) is 0 Å². The highest BCUT2D eigenvalue weighted by Crippen LogP contribution is 2.62. The van der Waals surface area contributed by atoms with Crippen LogP contribution in [0.3, 0.4) is 0 Å². The highest BCUT2D eigenvalue weighted by molar-refractivity contribution is 7.17. The number of amides is 1. The van der Waals surface area contributed by atoms with E-state index in [1.165, 1.54) is 11.3 Å². The van der Waals surface area contributed by atoms with E-state index in [0.717, 1.165) is 61.8 Å². The third-order valence-corrected chi connectivity index (χ3v) is 9.28. The van der Waals surface area contributed by atoms with Crippen molar-refractivity contribution in [3.63, 3.8) is 0 Å². The Labute approximate surface area is 204 Å². The zero-order chi connectivity index (χ0) is 24.3. The number of anilines is 1. The Balaban J connectivity index is 1.27. The van der Waals surface area contributed by atoms with Crippen molar-refractivity contribution in [2.75, 3.05) is 11.9 Å². The van der Waals surface area contributed by atoms with E-state index in [0.29, 0.717) is 34.7 Å². The van der Waals surface area contributed by atoms with Crippen molar-refractivity contribution in [2.24, 2.45) is 23.2 Å². The smallest absolute Gasteiger partial charge is 0.341 e. The van der Waals surface area contributed by atoms with E-state index in [9.17, 15) is 19.5 Å². The van der Waals surface area contributed by atoms with E-state index >= 15 is 0 Å². The van der Waals surface area contributed by atoms with Gasteiger partial charge in [0, 0.05) is 4.88 Å². The molecule has 5 aliphatic carbocycles. The number of hydrogen-bond acceptors (Lipinski definition) is 7. The largest absolute Gasteiger partial charge is 0.459 e. The fourth-order valence-electron chi connectivity index (χ4n) is 7.23. The minimum Gasteiger partial charge on any atom is -0.459 e. The topological polar surface area (TPSA) is 102 Å². The van der Waals surface area contributed by atoms with Crippen LogP contribution in [0.4, 0.5) is 5.00 Å². The molecule has 1 aromatic heterocycles. The molecule has 4 bridgehead atoms. The number of carbonyl (C=O) groups excluding carboxylic acids is 3. The zero-order valence-corrected chi connectivity index (χ0v) is 21.1. The molecule has 34 heavy (non-hydrogen) atoms. The lowest BCUT2D eigenvalue weighted by molar-refractivity contribution is -0.196. The molecular formula is C26H35NO6S. The maximum Gasteiger partial charge on any atom is 0.341 e. The van der Waals surface area contributed by atoms with Gasteiger partial charge in [0.1, 0.15) is 5.00 Å². The minimum atomic E-state index is -0.760. The van der Waals surface area contributed by atoms with Crippen LogP contribution in [0.15, 0.2) is 0 Å². The maximum atomic E-state index is 13.1. The van der Waals surface area contributed by atoms with Gasteiger partial charge in [-0.3, -0.25) is 9.59 Å². The van der Waals surface area contributed by atoms with Crippen LogP contribution in [-0.4, -0.2) is 41.3 Å². The Morgan fingerprint density at radius 1 is 1.18 bits per heavy atom. The Hall–Kier alpha value is -1.93. The van der Waals surface area contributed by atoms with Crippen LogP contribution in [0.1, 0.15) is 86.5 Å². The summed E-state index contributed by atoms with van der Waals surface area (Å²) in [5.74, 6) is 0.0100. The van der Waals surface area contributed by atoms with Crippen molar-refractivity contribution >= 4 is 34.2 Å². The lowest BCUT2D eigenvalue weighted by Gasteiger charge is -2.58. The van der Waals surface area contributed by atoms with Crippen molar-refractivity contribution in [2.45, 2.75) is 90.3 Å². The highest BCUT2D eigenvalue weighted by Gasteiger charge is 2.61. The van der Waals surface area contributed by atoms with Crippen LogP contribution in [0.5, 0.6) is 0 Å². The van der Waals surface area contributed by atoms with E-state index in [2.05, 4.69) is 12.2 Å². The van der Waals surface area contributed by atoms with Gasteiger partial charge in [0.2, 0.25) is 0 Å². The van der Waals surface area contributed by atoms with Crippen molar-refractivity contribution in [1.82, 2.24) is 0 Å². The normalized spacial score (nSPS) is 33.5. The van der Waals surface area contributed by atoms with Gasteiger partial charge >= 0.3 is 11.9 Å². The molecule has 0 spiro atoms. The summed E-state index contributed by atoms with van der Waals surface area (Å²) < 4.78 is 11.0. The molecule has 5 aliphatic rings. The summed E-state index contributed by atoms with van der Waals surface area (Å²) in [6, 6.07) is 0. The van der Waals surface area contributed by atoms with Gasteiger partial charge in [0.25, 0.3) is 5.91 Å². The van der Waals surface area contributed by atoms with Gasteiger partial charge in [-0.25, -0.2) is 4.79 Å². The SMILES string of the molecule is CC1CCc2c(sc(NC(=O)COC(=O)C34CC5CC(CC(O)(C5)C3)C4)c2C(=O)OC(C)C)C1. The molecule has 3 unspecified atom stereocenters. The first-order valence-corrected chi connectivity index (χ1v) is 13.4. The molecule has 8 heteroatoms. The van der Waals surface area contributed by atoms with Crippen LogP contribution in [-0.2, 0) is 31.9 Å². The number of hydrogen-bond donors (Lipinski definition) is 2. The predicted octanol–water partition coefficient (Wildman–Crippen LogP) is 4.25. The average Bonchev–Trinajstić information content (AvgIpc) is 3.06. The summed E-state index contributed by atoms with van der Waals surface area (Å²) in [6.07, 6.45) is 6.95. The summed E-state index contributed by atoms with van der Waals surface area (Å²) in [7, 11) is 0. The molecule has 6 rings (SSSR count). The molecule has 0 aromatic carbocycles. The molecule has 0 radical (unpaired) electrons. The Morgan fingerprint density at radius 3 is 2.53 bits per heavy atom. The third-order valence-electron chi connectivity index (χ3n) is 8.11. The Bertz CT molecular complexity index is 999. The molecule has 2 N–H and O–H groups in total. The number of ether oxygens (including phenoxy) is 2. The molecule has 1 heterocycles. The molecule has 1 amide bonds. The van der Waals surface area contributed by atoms with Crippen molar-refractivity contribution in [3.8, 4) is 0 Å². The van der Waals surface area contributed by atoms with Gasteiger partial charge in [-0.15, -0.1) is 11.3 Å². The van der Waals surface area contributed by atoms with Gasteiger partial charge in [0.15, 0.2) is 6.61 Å². The van der Waals surface area contributed by atoms with E-state index < -0.39 is 29.5 Å². The van der Waals surface area contributed by atoms with E-state index in [-0.39, 0.29) is 12.1 Å². The van der Waals surface area contributed by atoms with Crippen molar-refractivity contribution < 1.29 is 29.0 Å². The predicted molar refractivity (Wildman–Crippen MR) is 128 cm³/mol. The first-order valence-electron chi connectivity index (χ1n) is 12.6. The number of carbonyl (C=O) groups is 3. The number of aliphatic hydroxyl groups is 1. The fraction of sp³-hybridized carbons (Fsp3) is 0.731. The second-order valence-electron chi connectivity index (χ2n) is 11.6. The lowest BCUT2D eigenvalue weighted by Crippen LogP contribution is -2.58. The van der Waals surface area contributed by atoms with E-state index in [4.69, 9.17) is 9.47 Å². The number of nitrogens with one attached hydrogen (secondary N) is 1. The molecule has 3 atom stereocenters. The van der Waals surface area contributed by atoms with E-state index in [1.807, 2.05) is 0 Å². The number of rotatable bonds is 6. The molecule has 1 aromatic rings. The van der Waals surface area contributed by atoms with Crippen LogP contribution < -0.4 is 5.32 Å². The zero-order valence-electron chi connectivity index (χ0n) is 20.3. The van der Waals surface area contributed by atoms with Gasteiger partial charge in [-0.2, -0.15) is 0 Å². The summed E-state index contributed by atoms with van der Waals surface area (Å²) in [4.78, 5) is 39.9. The Kier molecular flexibility index (Phi) is 6.04. The molecule has 4 fully saturated rings. The molecule has 4 saturated carbocycles. The van der Waals surface area contributed by atoms with Gasteiger partial charge in [-0.1, -0.05) is 6.92 Å². The summed E-state index contributed by atoms with van der Waals surface area (Å²) in [5.41, 5.74) is -0.000266. The second-order valence-corrected chi connectivity index (χ2v) is 12.7. The lowest BCUT2D eigenvalue weighted by atomic mass is 9.48. The van der Waals surface area contributed by atoms with Crippen molar-refractivity contribution in [3.05, 3.63) is 16.0 Å². The number of esters is 2. The minimum absolute atomic E-state index is 0.259. The quantitative estimate of drug-likeness (QED) is 0.579. The van der Waals surface area contributed by atoms with Gasteiger partial charge < -0.3 is 19.9 Å². The third kappa shape index (κ3) is 4.39. The number of thiophene rings is 1. The molecule has 186 valence electrons. The Morgan fingerprint density at radius 2 is 1.88 bits per heavy atom. The molecule has 0 saturated heterocycles. The average molecular weight is 490 g/mol. The van der Waals surface area contributed by atoms with Crippen LogP contribution in [0.2, 0.25) is 0 Å². The molecular weight excluding hydrogens is 454 g/mol. The standard InChI is InChI=1S/C26H35NO6S/c1-14(2)33-23(29)21-18-5-4-15(3)6-19(18)34-22(21)27-20(28)12-32-24(30)25-8-16-7-17(9-25)11-26(31,10-16)13-25/h14-17,31H,4-13H2,1-3H3,(H,27,28). The fourth-order valence-corrected chi connectivity index (χ4v) is 8.64. The highest BCUT2D eigenvalue weighted by atomic mass is 32.1. The number of fused-ring (bicyclic) bond motifs is 1. The van der Waals surface area contributed by atoms with Crippen LogP contribution >= 0.6 is 11.3 Å². The van der Waals surface area contributed by atoms with Crippen LogP contribution in [0, 0.1) is 23.2 Å². The van der Waals surface area contributed by atoms with Gasteiger partial charge in [-0.05, 0) is 95.0 Å². The summed E-state index contributed by atoms with van der Waals surface area (Å²) >= 11 is 1.42. The molecule has 7 nitrogen and oxygen atoms in total.